The summed E-state index contributed by atoms with van der Waals surface area (Å²) in [6, 6.07) is 8.68. The van der Waals surface area contributed by atoms with Gasteiger partial charge >= 0.3 is 0 Å². The van der Waals surface area contributed by atoms with E-state index in [1.54, 1.807) is 0 Å². The van der Waals surface area contributed by atoms with Gasteiger partial charge in [0, 0.05) is 31.2 Å². The van der Waals surface area contributed by atoms with Crippen molar-refractivity contribution < 1.29 is 9.47 Å². The molecule has 1 saturated heterocycles. The van der Waals surface area contributed by atoms with Crippen LogP contribution < -0.4 is 10.1 Å². The molecule has 0 aromatic heterocycles. The van der Waals surface area contributed by atoms with Crippen molar-refractivity contribution >= 4 is 0 Å². The summed E-state index contributed by atoms with van der Waals surface area (Å²) < 4.78 is 11.4. The number of hydrogen-bond donors (Lipinski definition) is 1. The monoisotopic (exact) mass is 278 g/mol. The van der Waals surface area contributed by atoms with Crippen LogP contribution in [0.5, 0.6) is 5.75 Å². The maximum absolute atomic E-state index is 6.00. The molecule has 1 aromatic carbocycles. The van der Waals surface area contributed by atoms with E-state index in [2.05, 4.69) is 35.3 Å². The van der Waals surface area contributed by atoms with E-state index in [1.165, 1.54) is 5.56 Å². The van der Waals surface area contributed by atoms with Crippen molar-refractivity contribution in [3.63, 3.8) is 0 Å². The van der Waals surface area contributed by atoms with Crippen molar-refractivity contribution in [1.29, 1.82) is 0 Å². The molecule has 1 atom stereocenters. The van der Waals surface area contributed by atoms with E-state index in [-0.39, 0.29) is 0 Å². The molecule has 1 N–H and O–H groups in total. The first-order chi connectivity index (χ1) is 9.85. The van der Waals surface area contributed by atoms with Crippen LogP contribution in [0, 0.1) is 0 Å². The van der Waals surface area contributed by atoms with Crippen LogP contribution in [0.2, 0.25) is 0 Å². The lowest BCUT2D eigenvalue weighted by molar-refractivity contribution is 0.0322. The first-order valence-electron chi connectivity index (χ1n) is 7.54. The standard InChI is InChI=1S/C16H26N2O2/c1-3-15(17-2)14-6-4-5-7-16(14)20-13-10-18-8-11-19-12-9-18/h4-7,15,17H,3,8-13H2,1-2H3. The van der Waals surface area contributed by atoms with E-state index >= 15 is 0 Å². The number of ether oxygens (including phenoxy) is 2. The molecule has 1 fully saturated rings. The van der Waals surface area contributed by atoms with Crippen LogP contribution in [-0.4, -0.2) is 51.4 Å². The molecule has 2 rings (SSSR count). The van der Waals surface area contributed by atoms with Gasteiger partial charge in [0.1, 0.15) is 12.4 Å². The van der Waals surface area contributed by atoms with Crippen molar-refractivity contribution in [2.24, 2.45) is 0 Å². The number of rotatable bonds is 7. The van der Waals surface area contributed by atoms with Gasteiger partial charge in [0.05, 0.1) is 13.2 Å². The fraction of sp³-hybridized carbons (Fsp3) is 0.625. The highest BCUT2D eigenvalue weighted by Crippen LogP contribution is 2.26. The minimum Gasteiger partial charge on any atom is -0.492 e. The highest BCUT2D eigenvalue weighted by Gasteiger charge is 2.13. The summed E-state index contributed by atoms with van der Waals surface area (Å²) in [5, 5.41) is 3.34. The van der Waals surface area contributed by atoms with Crippen molar-refractivity contribution in [1.82, 2.24) is 10.2 Å². The van der Waals surface area contributed by atoms with Gasteiger partial charge in [0.25, 0.3) is 0 Å². The summed E-state index contributed by atoms with van der Waals surface area (Å²) in [5.41, 5.74) is 1.25. The molecule has 0 saturated carbocycles. The summed E-state index contributed by atoms with van der Waals surface area (Å²) in [6.07, 6.45) is 1.06. The molecule has 0 bridgehead atoms. The summed E-state index contributed by atoms with van der Waals surface area (Å²) in [6.45, 7) is 7.59. The van der Waals surface area contributed by atoms with E-state index in [0.29, 0.717) is 6.04 Å². The third-order valence-corrected chi connectivity index (χ3v) is 3.82. The fourth-order valence-corrected chi connectivity index (χ4v) is 2.59. The Morgan fingerprint density at radius 1 is 1.30 bits per heavy atom. The van der Waals surface area contributed by atoms with Gasteiger partial charge in [-0.25, -0.2) is 0 Å². The molecule has 0 spiro atoms. The molecule has 0 amide bonds. The SMILES string of the molecule is CCC(NC)c1ccccc1OCCN1CCOCC1. The second-order valence-electron chi connectivity index (χ2n) is 5.09. The molecular formula is C16H26N2O2. The summed E-state index contributed by atoms with van der Waals surface area (Å²) in [4.78, 5) is 2.39. The van der Waals surface area contributed by atoms with Gasteiger partial charge in [-0.2, -0.15) is 0 Å². The van der Waals surface area contributed by atoms with Crippen LogP contribution >= 0.6 is 0 Å². The van der Waals surface area contributed by atoms with E-state index in [0.717, 1.165) is 51.6 Å². The summed E-state index contributed by atoms with van der Waals surface area (Å²) in [7, 11) is 2.00. The zero-order chi connectivity index (χ0) is 14.2. The summed E-state index contributed by atoms with van der Waals surface area (Å²) >= 11 is 0. The molecule has 0 radical (unpaired) electrons. The average molecular weight is 278 g/mol. The highest BCUT2D eigenvalue weighted by molar-refractivity contribution is 5.35. The summed E-state index contributed by atoms with van der Waals surface area (Å²) in [5.74, 6) is 1.00. The molecule has 1 aliphatic heterocycles. The number of morpholine rings is 1. The fourth-order valence-electron chi connectivity index (χ4n) is 2.59. The van der Waals surface area contributed by atoms with E-state index < -0.39 is 0 Å². The van der Waals surface area contributed by atoms with Crippen LogP contribution in [0.1, 0.15) is 24.9 Å². The smallest absolute Gasteiger partial charge is 0.124 e. The van der Waals surface area contributed by atoms with Crippen molar-refractivity contribution in [2.75, 3.05) is 46.5 Å². The normalized spacial score (nSPS) is 17.9. The van der Waals surface area contributed by atoms with Crippen LogP contribution in [0.3, 0.4) is 0 Å². The van der Waals surface area contributed by atoms with Crippen LogP contribution in [0.15, 0.2) is 24.3 Å². The zero-order valence-corrected chi connectivity index (χ0v) is 12.6. The van der Waals surface area contributed by atoms with E-state index in [9.17, 15) is 0 Å². The Labute approximate surface area is 122 Å². The van der Waals surface area contributed by atoms with Gasteiger partial charge in [-0.1, -0.05) is 25.1 Å². The van der Waals surface area contributed by atoms with E-state index in [1.807, 2.05) is 13.1 Å². The number of benzene rings is 1. The van der Waals surface area contributed by atoms with Gasteiger partial charge < -0.3 is 14.8 Å². The van der Waals surface area contributed by atoms with Crippen LogP contribution in [0.4, 0.5) is 0 Å². The van der Waals surface area contributed by atoms with Gasteiger partial charge in [-0.05, 0) is 19.5 Å². The lowest BCUT2D eigenvalue weighted by atomic mass is 10.0. The Kier molecular flexibility index (Phi) is 6.30. The molecule has 0 aliphatic carbocycles. The predicted molar refractivity (Wildman–Crippen MR) is 81.3 cm³/mol. The molecule has 4 nitrogen and oxygen atoms in total. The number of nitrogens with zero attached hydrogens (tertiary/aromatic N) is 1. The minimum absolute atomic E-state index is 0.356. The predicted octanol–water partition coefficient (Wildman–Crippen LogP) is 2.07. The minimum atomic E-state index is 0.356. The van der Waals surface area contributed by atoms with Gasteiger partial charge in [-0.3, -0.25) is 4.90 Å². The zero-order valence-electron chi connectivity index (χ0n) is 12.6. The van der Waals surface area contributed by atoms with Crippen molar-refractivity contribution in [3.05, 3.63) is 29.8 Å². The molecular weight excluding hydrogens is 252 g/mol. The Bertz CT molecular complexity index is 388. The first kappa shape index (κ1) is 15.3. The van der Waals surface area contributed by atoms with Crippen LogP contribution in [-0.2, 0) is 4.74 Å². The molecule has 20 heavy (non-hydrogen) atoms. The quantitative estimate of drug-likeness (QED) is 0.828. The van der Waals surface area contributed by atoms with Crippen LogP contribution in [0.25, 0.3) is 0 Å². The van der Waals surface area contributed by atoms with Crippen molar-refractivity contribution in [3.8, 4) is 5.75 Å². The van der Waals surface area contributed by atoms with Crippen molar-refractivity contribution in [2.45, 2.75) is 19.4 Å². The highest BCUT2D eigenvalue weighted by atomic mass is 16.5. The van der Waals surface area contributed by atoms with Gasteiger partial charge in [0.15, 0.2) is 0 Å². The lowest BCUT2D eigenvalue weighted by Gasteiger charge is -2.26. The topological polar surface area (TPSA) is 33.7 Å². The second kappa shape index (κ2) is 8.25. The Hall–Kier alpha value is -1.10. The third-order valence-electron chi connectivity index (χ3n) is 3.82. The molecule has 1 aliphatic rings. The first-order valence-corrected chi connectivity index (χ1v) is 7.54. The van der Waals surface area contributed by atoms with E-state index in [4.69, 9.17) is 9.47 Å². The maximum atomic E-state index is 6.00. The second-order valence-corrected chi connectivity index (χ2v) is 5.09. The molecule has 1 heterocycles. The number of nitrogens with one attached hydrogen (secondary N) is 1. The molecule has 112 valence electrons. The largest absolute Gasteiger partial charge is 0.492 e. The Morgan fingerprint density at radius 3 is 2.75 bits per heavy atom. The Balaban J connectivity index is 1.88. The van der Waals surface area contributed by atoms with Gasteiger partial charge in [0.2, 0.25) is 0 Å². The number of para-hydroxylation sites is 1. The average Bonchev–Trinajstić information content (AvgIpc) is 2.51. The number of hydrogen-bond acceptors (Lipinski definition) is 4. The third kappa shape index (κ3) is 4.20. The maximum Gasteiger partial charge on any atom is 0.124 e. The molecule has 1 unspecified atom stereocenters. The Morgan fingerprint density at radius 2 is 2.05 bits per heavy atom. The molecule has 1 aromatic rings. The van der Waals surface area contributed by atoms with Gasteiger partial charge in [-0.15, -0.1) is 0 Å². The lowest BCUT2D eigenvalue weighted by Crippen LogP contribution is -2.38. The molecule has 4 heteroatoms.